The summed E-state index contributed by atoms with van der Waals surface area (Å²) in [5, 5.41) is 11.7. The van der Waals surface area contributed by atoms with Crippen LogP contribution in [0, 0.1) is 0 Å². The maximum absolute atomic E-state index is 10.8. The van der Waals surface area contributed by atoms with Crippen LogP contribution in [0.2, 0.25) is 0 Å². The van der Waals surface area contributed by atoms with Crippen LogP contribution in [0.3, 0.4) is 0 Å². The minimum Gasteiger partial charge on any atom is -0.480 e. The lowest BCUT2D eigenvalue weighted by Crippen LogP contribution is -2.42. The zero-order chi connectivity index (χ0) is 12.0. The zero-order valence-electron chi connectivity index (χ0n) is 9.27. The highest BCUT2D eigenvalue weighted by Crippen LogP contribution is 2.21. The number of rotatable bonds is 5. The molecule has 1 amide bonds. The molecule has 92 valence electrons. The second kappa shape index (κ2) is 6.75. The fourth-order valence-corrected chi connectivity index (χ4v) is 2.71. The van der Waals surface area contributed by atoms with E-state index in [-0.39, 0.29) is 5.91 Å². The second-order valence-corrected chi connectivity index (χ2v) is 5.10. The van der Waals surface area contributed by atoms with Gasteiger partial charge in [-0.15, -0.1) is 0 Å². The molecule has 2 N–H and O–H groups in total. The molecule has 0 spiro atoms. The van der Waals surface area contributed by atoms with Crippen LogP contribution in [-0.4, -0.2) is 47.2 Å². The molecule has 0 aromatic rings. The van der Waals surface area contributed by atoms with Gasteiger partial charge in [-0.1, -0.05) is 0 Å². The zero-order valence-corrected chi connectivity index (χ0v) is 10.1. The molecular formula is C10H17NO4S. The van der Waals surface area contributed by atoms with Crippen LogP contribution < -0.4 is 5.32 Å². The molecule has 1 aliphatic heterocycles. The van der Waals surface area contributed by atoms with Crippen LogP contribution >= 0.6 is 11.8 Å². The number of carbonyl (C=O) groups is 2. The van der Waals surface area contributed by atoms with Gasteiger partial charge in [0.1, 0.15) is 6.04 Å². The number of hydrogen-bond acceptors (Lipinski definition) is 4. The first-order valence-electron chi connectivity index (χ1n) is 5.29. The molecule has 0 bridgehead atoms. The Bertz CT molecular complexity index is 253. The van der Waals surface area contributed by atoms with Crippen molar-refractivity contribution in [2.75, 3.05) is 19.0 Å². The maximum atomic E-state index is 10.8. The van der Waals surface area contributed by atoms with Gasteiger partial charge in [-0.2, -0.15) is 11.8 Å². The highest BCUT2D eigenvalue weighted by Gasteiger charge is 2.22. The van der Waals surface area contributed by atoms with E-state index in [2.05, 4.69) is 5.32 Å². The van der Waals surface area contributed by atoms with Gasteiger partial charge in [0.25, 0.3) is 0 Å². The third-order valence-electron chi connectivity index (χ3n) is 2.29. The number of ether oxygens (including phenoxy) is 1. The molecule has 1 rings (SSSR count). The van der Waals surface area contributed by atoms with Gasteiger partial charge < -0.3 is 15.2 Å². The highest BCUT2D eigenvalue weighted by atomic mass is 32.2. The first kappa shape index (κ1) is 13.3. The number of carbonyl (C=O) groups excluding carboxylic acids is 1. The number of carboxylic acid groups (broad SMARTS) is 1. The Morgan fingerprint density at radius 3 is 2.88 bits per heavy atom. The number of aliphatic carboxylic acids is 1. The predicted octanol–water partition coefficient (Wildman–Crippen LogP) is 0.488. The Morgan fingerprint density at radius 1 is 1.62 bits per heavy atom. The molecule has 0 aliphatic carbocycles. The van der Waals surface area contributed by atoms with Crippen molar-refractivity contribution in [1.29, 1.82) is 0 Å². The smallest absolute Gasteiger partial charge is 0.327 e. The lowest BCUT2D eigenvalue weighted by Gasteiger charge is -2.23. The van der Waals surface area contributed by atoms with Gasteiger partial charge in [-0.05, 0) is 12.8 Å². The van der Waals surface area contributed by atoms with Gasteiger partial charge in [0.15, 0.2) is 0 Å². The van der Waals surface area contributed by atoms with Crippen molar-refractivity contribution in [2.45, 2.75) is 31.1 Å². The van der Waals surface area contributed by atoms with Gasteiger partial charge in [-0.25, -0.2) is 4.79 Å². The van der Waals surface area contributed by atoms with Gasteiger partial charge in [0.2, 0.25) is 5.91 Å². The van der Waals surface area contributed by atoms with E-state index in [0.29, 0.717) is 17.6 Å². The molecular weight excluding hydrogens is 230 g/mol. The molecule has 1 fully saturated rings. The summed E-state index contributed by atoms with van der Waals surface area (Å²) < 4.78 is 5.30. The average molecular weight is 247 g/mol. The van der Waals surface area contributed by atoms with Crippen molar-refractivity contribution < 1.29 is 19.4 Å². The Labute approximate surface area is 98.9 Å². The van der Waals surface area contributed by atoms with Crippen molar-refractivity contribution in [3.05, 3.63) is 0 Å². The first-order chi connectivity index (χ1) is 7.59. The normalized spacial score (nSPS) is 22.4. The van der Waals surface area contributed by atoms with Gasteiger partial charge in [0.05, 0.1) is 6.61 Å². The Balaban J connectivity index is 2.30. The van der Waals surface area contributed by atoms with Crippen molar-refractivity contribution >= 4 is 23.6 Å². The minimum absolute atomic E-state index is 0.312. The summed E-state index contributed by atoms with van der Waals surface area (Å²) in [6.45, 7) is 2.80. The van der Waals surface area contributed by atoms with E-state index in [9.17, 15) is 9.59 Å². The van der Waals surface area contributed by atoms with Crippen LogP contribution in [0.4, 0.5) is 0 Å². The van der Waals surface area contributed by atoms with E-state index < -0.39 is 12.0 Å². The standard InChI is InChI=1S/C10H17NO4S/c1-7(12)11-9(10(13)14)6-16-8-3-2-4-15-5-8/h8-9H,2-6H2,1H3,(H,11,12)(H,13,14)/t8?,9-/m0/s1. The molecule has 1 heterocycles. The molecule has 1 aliphatic rings. The van der Waals surface area contributed by atoms with E-state index in [1.54, 1.807) is 11.8 Å². The van der Waals surface area contributed by atoms with Gasteiger partial charge in [-0.3, -0.25) is 4.79 Å². The van der Waals surface area contributed by atoms with E-state index >= 15 is 0 Å². The second-order valence-electron chi connectivity index (χ2n) is 3.76. The number of thioether (sulfide) groups is 1. The topological polar surface area (TPSA) is 75.6 Å². The number of nitrogens with one attached hydrogen (secondary N) is 1. The summed E-state index contributed by atoms with van der Waals surface area (Å²) in [7, 11) is 0. The van der Waals surface area contributed by atoms with E-state index in [0.717, 1.165) is 19.4 Å². The lowest BCUT2D eigenvalue weighted by molar-refractivity contribution is -0.140. The monoisotopic (exact) mass is 247 g/mol. The van der Waals surface area contributed by atoms with E-state index in [1.807, 2.05) is 0 Å². The first-order valence-corrected chi connectivity index (χ1v) is 6.33. The van der Waals surface area contributed by atoms with Crippen LogP contribution in [0.15, 0.2) is 0 Å². The predicted molar refractivity (Wildman–Crippen MR) is 61.5 cm³/mol. The summed E-state index contributed by atoms with van der Waals surface area (Å²) in [4.78, 5) is 21.6. The van der Waals surface area contributed by atoms with Crippen molar-refractivity contribution in [3.8, 4) is 0 Å². The molecule has 0 aromatic heterocycles. The largest absolute Gasteiger partial charge is 0.480 e. The SMILES string of the molecule is CC(=O)N[C@@H](CSC1CCCOC1)C(=O)O. The average Bonchev–Trinajstić information content (AvgIpc) is 2.25. The van der Waals surface area contributed by atoms with Gasteiger partial charge >= 0.3 is 5.97 Å². The van der Waals surface area contributed by atoms with Crippen molar-refractivity contribution in [3.63, 3.8) is 0 Å². The molecule has 0 saturated carbocycles. The summed E-state index contributed by atoms with van der Waals surface area (Å²) in [6, 6.07) is -0.801. The summed E-state index contributed by atoms with van der Waals surface area (Å²) in [6.07, 6.45) is 2.08. The molecule has 0 radical (unpaired) electrons. The fraction of sp³-hybridized carbons (Fsp3) is 0.800. The number of amides is 1. The maximum Gasteiger partial charge on any atom is 0.327 e. The minimum atomic E-state index is -0.987. The molecule has 6 heteroatoms. The third-order valence-corrected chi connectivity index (χ3v) is 3.66. The van der Waals surface area contributed by atoms with Crippen molar-refractivity contribution in [2.24, 2.45) is 0 Å². The molecule has 5 nitrogen and oxygen atoms in total. The van der Waals surface area contributed by atoms with Crippen LogP contribution in [0.1, 0.15) is 19.8 Å². The highest BCUT2D eigenvalue weighted by molar-refractivity contribution is 8.00. The fourth-order valence-electron chi connectivity index (χ4n) is 1.49. The third kappa shape index (κ3) is 4.85. The van der Waals surface area contributed by atoms with Gasteiger partial charge in [0, 0.05) is 24.5 Å². The Morgan fingerprint density at radius 2 is 2.38 bits per heavy atom. The molecule has 1 unspecified atom stereocenters. The van der Waals surface area contributed by atoms with Crippen molar-refractivity contribution in [1.82, 2.24) is 5.32 Å². The number of carboxylic acids is 1. The van der Waals surface area contributed by atoms with E-state index in [1.165, 1.54) is 6.92 Å². The number of hydrogen-bond donors (Lipinski definition) is 2. The van der Waals surface area contributed by atoms with Crippen LogP contribution in [0.5, 0.6) is 0 Å². The molecule has 1 saturated heterocycles. The Hall–Kier alpha value is -0.750. The quantitative estimate of drug-likeness (QED) is 0.739. The Kier molecular flexibility index (Phi) is 5.62. The molecule has 0 aromatic carbocycles. The lowest BCUT2D eigenvalue weighted by atomic mass is 10.2. The molecule has 16 heavy (non-hydrogen) atoms. The van der Waals surface area contributed by atoms with Crippen LogP contribution in [-0.2, 0) is 14.3 Å². The van der Waals surface area contributed by atoms with Crippen LogP contribution in [0.25, 0.3) is 0 Å². The summed E-state index contributed by atoms with van der Waals surface area (Å²) >= 11 is 1.56. The summed E-state index contributed by atoms with van der Waals surface area (Å²) in [5.41, 5.74) is 0. The van der Waals surface area contributed by atoms with E-state index in [4.69, 9.17) is 9.84 Å². The summed E-state index contributed by atoms with van der Waals surface area (Å²) in [5.74, 6) is -0.907. The molecule has 2 atom stereocenters.